The molecule has 1 heterocycles. The molecule has 68 valence electrons. The zero-order valence-corrected chi connectivity index (χ0v) is 9.22. The first-order valence-electron chi connectivity index (χ1n) is 4.31. The van der Waals surface area contributed by atoms with Gasteiger partial charge in [0.25, 0.3) is 0 Å². The summed E-state index contributed by atoms with van der Waals surface area (Å²) >= 11 is 3.56. The fraction of sp³-hybridized carbons (Fsp3) is 0.300. The van der Waals surface area contributed by atoms with Crippen LogP contribution in [0.3, 0.4) is 0 Å². The molecule has 0 radical (unpaired) electrons. The highest BCUT2D eigenvalue weighted by atomic mass is 79.9. The number of halogens is 1. The van der Waals surface area contributed by atoms with Crippen molar-refractivity contribution < 1.29 is 0 Å². The Labute approximate surface area is 85.5 Å². The molecule has 1 N–H and O–H groups in total. The highest BCUT2D eigenvalue weighted by molar-refractivity contribution is 9.10. The highest BCUT2D eigenvalue weighted by Crippen LogP contribution is 2.28. The van der Waals surface area contributed by atoms with Crippen LogP contribution in [0.1, 0.15) is 25.3 Å². The highest BCUT2D eigenvalue weighted by Gasteiger charge is 2.06. The zero-order chi connectivity index (χ0) is 9.42. The Bertz CT molecular complexity index is 431. The number of aromatic nitrogens is 2. The number of nitrogens with zero attached hydrogens (tertiary/aromatic N) is 1. The van der Waals surface area contributed by atoms with E-state index in [1.165, 1.54) is 5.56 Å². The van der Waals surface area contributed by atoms with Crippen LogP contribution >= 0.6 is 15.9 Å². The van der Waals surface area contributed by atoms with Crippen LogP contribution in [-0.2, 0) is 0 Å². The lowest BCUT2D eigenvalue weighted by atomic mass is 10.0. The summed E-state index contributed by atoms with van der Waals surface area (Å²) in [6, 6.07) is 4.26. The van der Waals surface area contributed by atoms with Gasteiger partial charge in [-0.05, 0) is 23.6 Å². The fourth-order valence-corrected chi connectivity index (χ4v) is 2.24. The Morgan fingerprint density at radius 2 is 2.15 bits per heavy atom. The van der Waals surface area contributed by atoms with Gasteiger partial charge in [0.2, 0.25) is 0 Å². The van der Waals surface area contributed by atoms with Gasteiger partial charge < -0.3 is 0 Å². The summed E-state index contributed by atoms with van der Waals surface area (Å²) in [6.07, 6.45) is 1.84. The minimum atomic E-state index is 0.530. The Kier molecular flexibility index (Phi) is 2.12. The number of rotatable bonds is 1. The average Bonchev–Trinajstić information content (AvgIpc) is 2.48. The first-order valence-corrected chi connectivity index (χ1v) is 5.10. The fourth-order valence-electron chi connectivity index (χ4n) is 1.42. The molecule has 0 aliphatic heterocycles. The molecule has 2 rings (SSSR count). The van der Waals surface area contributed by atoms with Gasteiger partial charge in [-0.2, -0.15) is 5.10 Å². The maximum absolute atomic E-state index is 4.00. The summed E-state index contributed by atoms with van der Waals surface area (Å²) in [5, 5.41) is 8.12. The van der Waals surface area contributed by atoms with Crippen molar-refractivity contribution >= 4 is 26.8 Å². The molecule has 0 spiro atoms. The second-order valence-electron chi connectivity index (χ2n) is 3.49. The lowest BCUT2D eigenvalue weighted by Gasteiger charge is -2.07. The van der Waals surface area contributed by atoms with Crippen LogP contribution in [0.2, 0.25) is 0 Å². The van der Waals surface area contributed by atoms with E-state index in [1.54, 1.807) is 0 Å². The van der Waals surface area contributed by atoms with Gasteiger partial charge in [-0.15, -0.1) is 0 Å². The molecule has 0 amide bonds. The zero-order valence-electron chi connectivity index (χ0n) is 7.63. The quantitative estimate of drug-likeness (QED) is 0.811. The molecule has 0 aliphatic rings. The van der Waals surface area contributed by atoms with Crippen LogP contribution in [0.25, 0.3) is 10.9 Å². The Hall–Kier alpha value is -0.830. The van der Waals surface area contributed by atoms with Gasteiger partial charge in [0.05, 0.1) is 11.7 Å². The minimum absolute atomic E-state index is 0.530. The van der Waals surface area contributed by atoms with E-state index in [2.05, 4.69) is 52.1 Å². The molecule has 0 fully saturated rings. The van der Waals surface area contributed by atoms with Gasteiger partial charge in [0.1, 0.15) is 0 Å². The van der Waals surface area contributed by atoms with Crippen LogP contribution in [0.15, 0.2) is 22.8 Å². The van der Waals surface area contributed by atoms with Gasteiger partial charge in [-0.25, -0.2) is 0 Å². The van der Waals surface area contributed by atoms with Crippen LogP contribution < -0.4 is 0 Å². The molecule has 0 bridgehead atoms. The summed E-state index contributed by atoms with van der Waals surface area (Å²) < 4.78 is 1.16. The standard InChI is InChI=1S/C10H11BrN2/c1-6(2)8-4-10-7(3-9(8)11)5-12-13-10/h3-6H,1-2H3,(H,12,13). The summed E-state index contributed by atoms with van der Waals surface area (Å²) in [6.45, 7) is 4.37. The second kappa shape index (κ2) is 3.14. The Morgan fingerprint density at radius 3 is 2.85 bits per heavy atom. The monoisotopic (exact) mass is 238 g/mol. The van der Waals surface area contributed by atoms with E-state index in [4.69, 9.17) is 0 Å². The van der Waals surface area contributed by atoms with E-state index in [-0.39, 0.29) is 0 Å². The maximum Gasteiger partial charge on any atom is 0.0653 e. The van der Waals surface area contributed by atoms with Gasteiger partial charge in [-0.1, -0.05) is 29.8 Å². The molecule has 13 heavy (non-hydrogen) atoms. The molecule has 0 atom stereocenters. The van der Waals surface area contributed by atoms with Gasteiger partial charge in [0, 0.05) is 9.86 Å². The van der Waals surface area contributed by atoms with Crippen LogP contribution in [0, 0.1) is 0 Å². The van der Waals surface area contributed by atoms with E-state index in [0.717, 1.165) is 15.4 Å². The summed E-state index contributed by atoms with van der Waals surface area (Å²) in [4.78, 5) is 0. The number of aromatic amines is 1. The first-order chi connectivity index (χ1) is 6.18. The normalized spacial score (nSPS) is 11.4. The third-order valence-electron chi connectivity index (χ3n) is 2.18. The van der Waals surface area contributed by atoms with Crippen molar-refractivity contribution in [1.82, 2.24) is 10.2 Å². The molecular formula is C10H11BrN2. The number of hydrogen-bond donors (Lipinski definition) is 1. The molecule has 0 saturated heterocycles. The number of H-pyrrole nitrogens is 1. The minimum Gasteiger partial charge on any atom is -0.278 e. The largest absolute Gasteiger partial charge is 0.278 e. The van der Waals surface area contributed by atoms with Crippen LogP contribution in [-0.4, -0.2) is 10.2 Å². The first kappa shape index (κ1) is 8.75. The summed E-state index contributed by atoms with van der Waals surface area (Å²) in [5.74, 6) is 0.530. The Balaban J connectivity index is 2.69. The molecule has 3 heteroatoms. The van der Waals surface area contributed by atoms with Crippen molar-refractivity contribution in [3.05, 3.63) is 28.4 Å². The average molecular weight is 239 g/mol. The molecule has 2 aromatic rings. The molecule has 0 saturated carbocycles. The van der Waals surface area contributed by atoms with E-state index in [1.807, 2.05) is 6.20 Å². The van der Waals surface area contributed by atoms with Crippen molar-refractivity contribution in [2.75, 3.05) is 0 Å². The SMILES string of the molecule is CC(C)c1cc2[nH]ncc2cc1Br. The molecule has 0 aliphatic carbocycles. The maximum atomic E-state index is 4.00. The van der Waals surface area contributed by atoms with Crippen LogP contribution in [0.4, 0.5) is 0 Å². The van der Waals surface area contributed by atoms with Gasteiger partial charge >= 0.3 is 0 Å². The second-order valence-corrected chi connectivity index (χ2v) is 4.34. The van der Waals surface area contributed by atoms with Crippen LogP contribution in [0.5, 0.6) is 0 Å². The van der Waals surface area contributed by atoms with Crippen molar-refractivity contribution in [2.24, 2.45) is 0 Å². The predicted octanol–water partition coefficient (Wildman–Crippen LogP) is 3.45. The van der Waals surface area contributed by atoms with Crippen molar-refractivity contribution in [3.8, 4) is 0 Å². The summed E-state index contributed by atoms with van der Waals surface area (Å²) in [5.41, 5.74) is 2.42. The van der Waals surface area contributed by atoms with Gasteiger partial charge in [-0.3, -0.25) is 5.10 Å². The lowest BCUT2D eigenvalue weighted by Crippen LogP contribution is -1.88. The topological polar surface area (TPSA) is 28.7 Å². The number of benzene rings is 1. The van der Waals surface area contributed by atoms with E-state index in [0.29, 0.717) is 5.92 Å². The van der Waals surface area contributed by atoms with E-state index < -0.39 is 0 Å². The van der Waals surface area contributed by atoms with Crippen molar-refractivity contribution in [1.29, 1.82) is 0 Å². The third-order valence-corrected chi connectivity index (χ3v) is 2.87. The third kappa shape index (κ3) is 1.48. The smallest absolute Gasteiger partial charge is 0.0653 e. The number of fused-ring (bicyclic) bond motifs is 1. The number of nitrogens with one attached hydrogen (secondary N) is 1. The summed E-state index contributed by atoms with van der Waals surface area (Å²) in [7, 11) is 0. The molecule has 1 aromatic carbocycles. The predicted molar refractivity (Wildman–Crippen MR) is 57.9 cm³/mol. The molecule has 0 unspecified atom stereocenters. The molecular weight excluding hydrogens is 228 g/mol. The van der Waals surface area contributed by atoms with E-state index in [9.17, 15) is 0 Å². The van der Waals surface area contributed by atoms with Crippen molar-refractivity contribution in [3.63, 3.8) is 0 Å². The van der Waals surface area contributed by atoms with Gasteiger partial charge in [0.15, 0.2) is 0 Å². The Morgan fingerprint density at radius 1 is 1.38 bits per heavy atom. The van der Waals surface area contributed by atoms with Crippen molar-refractivity contribution in [2.45, 2.75) is 19.8 Å². The molecule has 2 nitrogen and oxygen atoms in total. The van der Waals surface area contributed by atoms with E-state index >= 15 is 0 Å². The lowest BCUT2D eigenvalue weighted by molar-refractivity contribution is 0.862. The molecule has 1 aromatic heterocycles. The number of hydrogen-bond acceptors (Lipinski definition) is 1.